The maximum Gasteiger partial charge on any atom is 0.257 e. The number of ether oxygens (including phenoxy) is 1. The molecule has 0 saturated carbocycles. The Morgan fingerprint density at radius 1 is 1.35 bits per heavy atom. The molecule has 0 atom stereocenters. The number of amides is 1. The van der Waals surface area contributed by atoms with E-state index in [0.717, 1.165) is 0 Å². The largest absolute Gasteiger partial charge is 0.477 e. The van der Waals surface area contributed by atoms with Gasteiger partial charge in [-0.25, -0.2) is 0 Å². The van der Waals surface area contributed by atoms with Crippen molar-refractivity contribution >= 4 is 11.6 Å². The molecule has 0 radical (unpaired) electrons. The molecule has 23 heavy (non-hydrogen) atoms. The zero-order valence-electron chi connectivity index (χ0n) is 13.0. The number of carbonyl (C=O) groups is 1. The molecule has 0 aliphatic carbocycles. The molecular weight excluding hydrogens is 300 g/mol. The quantitative estimate of drug-likeness (QED) is 0.749. The molecule has 0 unspecified atom stereocenters. The number of fused-ring (bicyclic) bond motifs is 1. The summed E-state index contributed by atoms with van der Waals surface area (Å²) in [6.07, 6.45) is 0. The molecule has 0 fully saturated rings. The molecule has 0 aromatic carbocycles. The smallest absolute Gasteiger partial charge is 0.257 e. The second-order valence-electron chi connectivity index (χ2n) is 4.87. The van der Waals surface area contributed by atoms with Crippen LogP contribution in [-0.2, 0) is 6.54 Å². The van der Waals surface area contributed by atoms with Gasteiger partial charge in [0.15, 0.2) is 11.5 Å². The van der Waals surface area contributed by atoms with Gasteiger partial charge in [-0.1, -0.05) is 5.16 Å². The van der Waals surface area contributed by atoms with E-state index in [1.807, 2.05) is 6.92 Å². The first-order valence-electron chi connectivity index (χ1n) is 7.15. The lowest BCUT2D eigenvalue weighted by Gasteiger charge is -2.05. The number of aromatic nitrogens is 5. The van der Waals surface area contributed by atoms with Gasteiger partial charge in [-0.3, -0.25) is 4.79 Å². The molecule has 120 valence electrons. The van der Waals surface area contributed by atoms with Crippen LogP contribution in [0.4, 0.5) is 0 Å². The Labute approximate surface area is 131 Å². The van der Waals surface area contributed by atoms with E-state index in [1.165, 1.54) is 0 Å². The van der Waals surface area contributed by atoms with Crippen LogP contribution >= 0.6 is 0 Å². The normalized spacial score (nSPS) is 10.9. The van der Waals surface area contributed by atoms with Gasteiger partial charge in [0.05, 0.1) is 18.8 Å². The van der Waals surface area contributed by atoms with Crippen molar-refractivity contribution in [3.63, 3.8) is 0 Å². The van der Waals surface area contributed by atoms with Gasteiger partial charge in [0.1, 0.15) is 11.3 Å². The number of hydrogen-bond donors (Lipinski definition) is 1. The van der Waals surface area contributed by atoms with E-state index in [0.29, 0.717) is 41.0 Å². The van der Waals surface area contributed by atoms with Crippen molar-refractivity contribution in [3.05, 3.63) is 35.0 Å². The number of aryl methyl sites for hydroxylation is 2. The molecule has 0 bridgehead atoms. The van der Waals surface area contributed by atoms with Gasteiger partial charge in [0, 0.05) is 6.07 Å². The number of nitrogens with one attached hydrogen (secondary N) is 1. The van der Waals surface area contributed by atoms with Crippen molar-refractivity contribution in [3.8, 4) is 5.88 Å². The summed E-state index contributed by atoms with van der Waals surface area (Å²) in [5.41, 5.74) is 1.56. The summed E-state index contributed by atoms with van der Waals surface area (Å²) in [6, 6.07) is 3.48. The van der Waals surface area contributed by atoms with Crippen LogP contribution in [0.1, 0.15) is 34.6 Å². The lowest BCUT2D eigenvalue weighted by molar-refractivity contribution is 0.0947. The standard InChI is InChI=1S/C14H16N6O3/c1-4-22-12-6-5-10-16-17-11(20(10)18-12)7-15-14(21)13-8(2)19-23-9(13)3/h5-6H,4,7H2,1-3H3,(H,15,21). The molecule has 3 heterocycles. The fraction of sp³-hybridized carbons (Fsp3) is 0.357. The molecular formula is C14H16N6O3. The van der Waals surface area contributed by atoms with Crippen molar-refractivity contribution < 1.29 is 14.1 Å². The summed E-state index contributed by atoms with van der Waals surface area (Å²) < 4.78 is 11.9. The number of rotatable bonds is 5. The molecule has 3 rings (SSSR count). The predicted molar refractivity (Wildman–Crippen MR) is 79.1 cm³/mol. The van der Waals surface area contributed by atoms with Crippen molar-refractivity contribution in [2.45, 2.75) is 27.3 Å². The van der Waals surface area contributed by atoms with Crippen LogP contribution in [-0.4, -0.2) is 37.5 Å². The average Bonchev–Trinajstić information content (AvgIpc) is 3.08. The zero-order valence-corrected chi connectivity index (χ0v) is 13.0. The highest BCUT2D eigenvalue weighted by Crippen LogP contribution is 2.12. The number of nitrogens with zero attached hydrogens (tertiary/aromatic N) is 5. The van der Waals surface area contributed by atoms with Gasteiger partial charge in [-0.05, 0) is 26.8 Å². The first-order chi connectivity index (χ1) is 11.1. The van der Waals surface area contributed by atoms with Crippen LogP contribution in [0, 0.1) is 13.8 Å². The Balaban J connectivity index is 1.79. The van der Waals surface area contributed by atoms with Crippen LogP contribution < -0.4 is 10.1 Å². The Morgan fingerprint density at radius 3 is 2.87 bits per heavy atom. The summed E-state index contributed by atoms with van der Waals surface area (Å²) >= 11 is 0. The lowest BCUT2D eigenvalue weighted by atomic mass is 10.2. The van der Waals surface area contributed by atoms with E-state index >= 15 is 0 Å². The fourth-order valence-electron chi connectivity index (χ4n) is 2.21. The van der Waals surface area contributed by atoms with Crippen molar-refractivity contribution in [1.82, 2.24) is 30.3 Å². The van der Waals surface area contributed by atoms with Gasteiger partial charge in [-0.15, -0.1) is 15.3 Å². The minimum atomic E-state index is -0.279. The SMILES string of the molecule is CCOc1ccc2nnc(CNC(=O)c3c(C)noc3C)n2n1. The van der Waals surface area contributed by atoms with Crippen LogP contribution in [0.2, 0.25) is 0 Å². The molecule has 0 aliphatic heterocycles. The number of hydrogen-bond acceptors (Lipinski definition) is 7. The molecule has 9 heteroatoms. The summed E-state index contributed by atoms with van der Waals surface area (Å²) in [7, 11) is 0. The van der Waals surface area contributed by atoms with E-state index in [9.17, 15) is 4.79 Å². The third-order valence-electron chi connectivity index (χ3n) is 3.26. The van der Waals surface area contributed by atoms with E-state index in [4.69, 9.17) is 9.26 Å². The summed E-state index contributed by atoms with van der Waals surface area (Å²) in [4.78, 5) is 12.2. The maximum atomic E-state index is 12.2. The zero-order chi connectivity index (χ0) is 16.4. The minimum Gasteiger partial charge on any atom is -0.477 e. The van der Waals surface area contributed by atoms with E-state index < -0.39 is 0 Å². The molecule has 0 spiro atoms. The molecule has 9 nitrogen and oxygen atoms in total. The summed E-state index contributed by atoms with van der Waals surface area (Å²) in [5.74, 6) is 1.17. The van der Waals surface area contributed by atoms with Gasteiger partial charge in [0.25, 0.3) is 5.91 Å². The third-order valence-corrected chi connectivity index (χ3v) is 3.26. The average molecular weight is 316 g/mol. The van der Waals surface area contributed by atoms with Gasteiger partial charge in [-0.2, -0.15) is 4.52 Å². The fourth-order valence-corrected chi connectivity index (χ4v) is 2.21. The Hall–Kier alpha value is -2.97. The molecule has 3 aromatic heterocycles. The van der Waals surface area contributed by atoms with Gasteiger partial charge in [0.2, 0.25) is 5.88 Å². The monoisotopic (exact) mass is 316 g/mol. The molecule has 3 aromatic rings. The lowest BCUT2D eigenvalue weighted by Crippen LogP contribution is -2.25. The van der Waals surface area contributed by atoms with Gasteiger partial charge < -0.3 is 14.6 Å². The van der Waals surface area contributed by atoms with Crippen molar-refractivity contribution in [2.24, 2.45) is 0 Å². The molecule has 1 N–H and O–H groups in total. The highest BCUT2D eigenvalue weighted by molar-refractivity contribution is 5.95. The minimum absolute atomic E-state index is 0.173. The van der Waals surface area contributed by atoms with Crippen LogP contribution in [0.15, 0.2) is 16.7 Å². The van der Waals surface area contributed by atoms with Gasteiger partial charge >= 0.3 is 0 Å². The van der Waals surface area contributed by atoms with Crippen LogP contribution in [0.3, 0.4) is 0 Å². The number of carbonyl (C=O) groups excluding carboxylic acids is 1. The van der Waals surface area contributed by atoms with Crippen LogP contribution in [0.25, 0.3) is 5.65 Å². The Bertz CT molecular complexity index is 834. The predicted octanol–water partition coefficient (Wildman–Crippen LogP) is 1.06. The van der Waals surface area contributed by atoms with Crippen LogP contribution in [0.5, 0.6) is 5.88 Å². The molecule has 0 saturated heterocycles. The second kappa shape index (κ2) is 6.03. The maximum absolute atomic E-state index is 12.2. The first-order valence-corrected chi connectivity index (χ1v) is 7.15. The second-order valence-corrected chi connectivity index (χ2v) is 4.87. The van der Waals surface area contributed by atoms with E-state index in [-0.39, 0.29) is 12.5 Å². The van der Waals surface area contributed by atoms with Crippen molar-refractivity contribution in [2.75, 3.05) is 6.61 Å². The summed E-state index contributed by atoms with van der Waals surface area (Å²) in [5, 5.41) is 18.9. The Kier molecular flexibility index (Phi) is 3.92. The van der Waals surface area contributed by atoms with E-state index in [2.05, 4.69) is 25.8 Å². The van der Waals surface area contributed by atoms with E-state index in [1.54, 1.807) is 30.5 Å². The highest BCUT2D eigenvalue weighted by Gasteiger charge is 2.18. The van der Waals surface area contributed by atoms with Crippen molar-refractivity contribution in [1.29, 1.82) is 0 Å². The molecule has 1 amide bonds. The summed E-state index contributed by atoms with van der Waals surface area (Å²) in [6.45, 7) is 5.97. The Morgan fingerprint density at radius 2 is 2.17 bits per heavy atom. The first kappa shape index (κ1) is 14.9. The molecule has 0 aliphatic rings. The third kappa shape index (κ3) is 2.85. The topological polar surface area (TPSA) is 107 Å². The highest BCUT2D eigenvalue weighted by atomic mass is 16.5.